The second-order valence-electron chi connectivity index (χ2n) is 4.39. The van der Waals surface area contributed by atoms with E-state index >= 15 is 0 Å². The third-order valence-corrected chi connectivity index (χ3v) is 3.22. The van der Waals surface area contributed by atoms with Crippen LogP contribution in [0.3, 0.4) is 0 Å². The van der Waals surface area contributed by atoms with Gasteiger partial charge in [-0.25, -0.2) is 0 Å². The zero-order valence-electron chi connectivity index (χ0n) is 11.1. The van der Waals surface area contributed by atoms with Gasteiger partial charge in [-0.1, -0.05) is 6.07 Å². The molecule has 0 aromatic heterocycles. The second-order valence-corrected chi connectivity index (χ2v) is 4.39. The van der Waals surface area contributed by atoms with Gasteiger partial charge in [0.05, 0.1) is 20.3 Å². The molecule has 0 radical (unpaired) electrons. The molecule has 0 unspecified atom stereocenters. The van der Waals surface area contributed by atoms with E-state index in [2.05, 4.69) is 4.90 Å². The minimum Gasteiger partial charge on any atom is -0.496 e. The van der Waals surface area contributed by atoms with Crippen LogP contribution in [-0.4, -0.2) is 51.5 Å². The van der Waals surface area contributed by atoms with Gasteiger partial charge in [-0.05, 0) is 19.1 Å². The first-order chi connectivity index (χ1) is 8.81. The molecule has 18 heavy (non-hydrogen) atoms. The van der Waals surface area contributed by atoms with Crippen molar-refractivity contribution in [3.05, 3.63) is 23.8 Å². The van der Waals surface area contributed by atoms with E-state index in [1.54, 1.807) is 7.11 Å². The Morgan fingerprint density at radius 3 is 2.67 bits per heavy atom. The third-order valence-electron chi connectivity index (χ3n) is 3.22. The highest BCUT2D eigenvalue weighted by molar-refractivity contribution is 5.43. The Hall–Kier alpha value is -1.26. The lowest BCUT2D eigenvalue weighted by molar-refractivity contribution is 0.0322. The highest BCUT2D eigenvalue weighted by Gasteiger charge is 2.10. The Labute approximate surface area is 108 Å². The van der Waals surface area contributed by atoms with E-state index in [-0.39, 0.29) is 0 Å². The fourth-order valence-electron chi connectivity index (χ4n) is 2.08. The molecule has 1 aliphatic heterocycles. The van der Waals surface area contributed by atoms with Crippen LogP contribution in [0.5, 0.6) is 11.5 Å². The molecule has 100 valence electrons. The largest absolute Gasteiger partial charge is 0.496 e. The average molecular weight is 251 g/mol. The Bertz CT molecular complexity index is 375. The molecular formula is C14H21NO3. The minimum atomic E-state index is 0.702. The van der Waals surface area contributed by atoms with Crippen LogP contribution >= 0.6 is 0 Å². The van der Waals surface area contributed by atoms with Crippen LogP contribution < -0.4 is 9.47 Å². The maximum Gasteiger partial charge on any atom is 0.125 e. The maximum absolute atomic E-state index is 5.82. The number of rotatable bonds is 5. The molecule has 0 atom stereocenters. The second kappa shape index (κ2) is 6.61. The van der Waals surface area contributed by atoms with Gasteiger partial charge in [0.15, 0.2) is 0 Å². The standard InChI is InChI=1S/C14H21NO3/c1-12-13(16-2)4-3-5-14(12)18-11-8-15-6-9-17-10-7-15/h3-5H,6-11H2,1-2H3. The van der Waals surface area contributed by atoms with E-state index in [1.807, 2.05) is 25.1 Å². The number of ether oxygens (including phenoxy) is 3. The number of methoxy groups -OCH3 is 1. The average Bonchev–Trinajstić information content (AvgIpc) is 2.42. The van der Waals surface area contributed by atoms with E-state index in [0.29, 0.717) is 6.61 Å². The van der Waals surface area contributed by atoms with E-state index in [0.717, 1.165) is 49.9 Å². The Balaban J connectivity index is 1.82. The van der Waals surface area contributed by atoms with Gasteiger partial charge in [0.25, 0.3) is 0 Å². The Morgan fingerprint density at radius 2 is 1.94 bits per heavy atom. The molecule has 0 spiro atoms. The van der Waals surface area contributed by atoms with Crippen molar-refractivity contribution < 1.29 is 14.2 Å². The molecular weight excluding hydrogens is 230 g/mol. The van der Waals surface area contributed by atoms with Crippen LogP contribution in [0.2, 0.25) is 0 Å². The summed E-state index contributed by atoms with van der Waals surface area (Å²) in [5, 5.41) is 0. The van der Waals surface area contributed by atoms with E-state index in [4.69, 9.17) is 14.2 Å². The summed E-state index contributed by atoms with van der Waals surface area (Å²) in [6.07, 6.45) is 0. The first-order valence-corrected chi connectivity index (χ1v) is 6.38. The summed E-state index contributed by atoms with van der Waals surface area (Å²) in [5.74, 6) is 1.78. The first kappa shape index (κ1) is 13.2. The van der Waals surface area contributed by atoms with Gasteiger partial charge in [0.1, 0.15) is 18.1 Å². The summed E-state index contributed by atoms with van der Waals surface area (Å²) in [6, 6.07) is 5.89. The smallest absolute Gasteiger partial charge is 0.125 e. The van der Waals surface area contributed by atoms with Crippen molar-refractivity contribution in [2.45, 2.75) is 6.92 Å². The number of benzene rings is 1. The normalized spacial score (nSPS) is 16.6. The van der Waals surface area contributed by atoms with Crippen LogP contribution in [0.15, 0.2) is 18.2 Å². The molecule has 1 heterocycles. The molecule has 1 saturated heterocycles. The highest BCUT2D eigenvalue weighted by Crippen LogP contribution is 2.26. The van der Waals surface area contributed by atoms with E-state index < -0.39 is 0 Å². The summed E-state index contributed by atoms with van der Waals surface area (Å²) in [6.45, 7) is 7.33. The summed E-state index contributed by atoms with van der Waals surface area (Å²) < 4.78 is 16.4. The Kier molecular flexibility index (Phi) is 4.84. The van der Waals surface area contributed by atoms with Crippen molar-refractivity contribution in [3.8, 4) is 11.5 Å². The van der Waals surface area contributed by atoms with Gasteiger partial charge in [0, 0.05) is 25.2 Å². The van der Waals surface area contributed by atoms with Crippen molar-refractivity contribution in [1.82, 2.24) is 4.90 Å². The molecule has 1 aromatic rings. The van der Waals surface area contributed by atoms with Gasteiger partial charge in [-0.2, -0.15) is 0 Å². The summed E-state index contributed by atoms with van der Waals surface area (Å²) in [5.41, 5.74) is 1.06. The molecule has 4 heteroatoms. The van der Waals surface area contributed by atoms with Crippen molar-refractivity contribution >= 4 is 0 Å². The van der Waals surface area contributed by atoms with Gasteiger partial charge in [0.2, 0.25) is 0 Å². The lowest BCUT2D eigenvalue weighted by Gasteiger charge is -2.26. The van der Waals surface area contributed by atoms with Crippen molar-refractivity contribution in [2.75, 3.05) is 46.6 Å². The van der Waals surface area contributed by atoms with Crippen LogP contribution in [-0.2, 0) is 4.74 Å². The van der Waals surface area contributed by atoms with Gasteiger partial charge < -0.3 is 14.2 Å². The van der Waals surface area contributed by atoms with Crippen molar-refractivity contribution in [1.29, 1.82) is 0 Å². The fourth-order valence-corrected chi connectivity index (χ4v) is 2.08. The molecule has 0 amide bonds. The monoisotopic (exact) mass is 251 g/mol. The predicted molar refractivity (Wildman–Crippen MR) is 70.5 cm³/mol. The topological polar surface area (TPSA) is 30.9 Å². The lowest BCUT2D eigenvalue weighted by Crippen LogP contribution is -2.38. The summed E-state index contributed by atoms with van der Waals surface area (Å²) >= 11 is 0. The fraction of sp³-hybridized carbons (Fsp3) is 0.571. The van der Waals surface area contributed by atoms with Gasteiger partial charge in [-0.15, -0.1) is 0 Å². The van der Waals surface area contributed by atoms with Crippen molar-refractivity contribution in [2.24, 2.45) is 0 Å². The van der Waals surface area contributed by atoms with Gasteiger partial charge in [-0.3, -0.25) is 4.90 Å². The zero-order valence-corrected chi connectivity index (χ0v) is 11.1. The summed E-state index contributed by atoms with van der Waals surface area (Å²) in [4.78, 5) is 2.36. The molecule has 1 fully saturated rings. The van der Waals surface area contributed by atoms with Crippen LogP contribution in [0.25, 0.3) is 0 Å². The molecule has 2 rings (SSSR count). The SMILES string of the molecule is COc1cccc(OCCN2CCOCC2)c1C. The van der Waals surface area contributed by atoms with E-state index in [9.17, 15) is 0 Å². The maximum atomic E-state index is 5.82. The van der Waals surface area contributed by atoms with Crippen molar-refractivity contribution in [3.63, 3.8) is 0 Å². The Morgan fingerprint density at radius 1 is 1.22 bits per heavy atom. The number of hydrogen-bond acceptors (Lipinski definition) is 4. The molecule has 0 bridgehead atoms. The molecule has 1 aromatic carbocycles. The molecule has 1 aliphatic rings. The highest BCUT2D eigenvalue weighted by atomic mass is 16.5. The molecule has 4 nitrogen and oxygen atoms in total. The van der Waals surface area contributed by atoms with Crippen LogP contribution in [0.4, 0.5) is 0 Å². The first-order valence-electron chi connectivity index (χ1n) is 6.38. The van der Waals surface area contributed by atoms with E-state index in [1.165, 1.54) is 0 Å². The quantitative estimate of drug-likeness (QED) is 0.797. The number of morpholine rings is 1. The molecule has 0 N–H and O–H groups in total. The molecule has 0 aliphatic carbocycles. The lowest BCUT2D eigenvalue weighted by atomic mass is 10.2. The van der Waals surface area contributed by atoms with Crippen LogP contribution in [0, 0.1) is 6.92 Å². The molecule has 0 saturated carbocycles. The predicted octanol–water partition coefficient (Wildman–Crippen LogP) is 1.71. The van der Waals surface area contributed by atoms with Crippen LogP contribution in [0.1, 0.15) is 5.56 Å². The third kappa shape index (κ3) is 3.37. The summed E-state index contributed by atoms with van der Waals surface area (Å²) in [7, 11) is 1.68. The number of hydrogen-bond donors (Lipinski definition) is 0. The van der Waals surface area contributed by atoms with Gasteiger partial charge >= 0.3 is 0 Å². The minimum absolute atomic E-state index is 0.702. The number of nitrogens with zero attached hydrogens (tertiary/aromatic N) is 1. The zero-order chi connectivity index (χ0) is 12.8.